The molecule has 2 N–H and O–H groups in total. The Morgan fingerprint density at radius 1 is 1.06 bits per heavy atom. The van der Waals surface area contributed by atoms with Crippen molar-refractivity contribution in [3.05, 3.63) is 100 Å². The van der Waals surface area contributed by atoms with Gasteiger partial charge in [-0.2, -0.15) is 5.26 Å². The summed E-state index contributed by atoms with van der Waals surface area (Å²) in [6.45, 7) is 3.84. The summed E-state index contributed by atoms with van der Waals surface area (Å²) >= 11 is 0. The molecule has 0 amide bonds. The number of nitrogens with zero attached hydrogens (tertiary/aromatic N) is 1. The number of ether oxygens (including phenoxy) is 3. The van der Waals surface area contributed by atoms with Gasteiger partial charge in [0.2, 0.25) is 5.88 Å². The lowest BCUT2D eigenvalue weighted by atomic mass is 9.83. The molecule has 6 heteroatoms. The molecule has 6 nitrogen and oxygen atoms in total. The lowest BCUT2D eigenvalue weighted by Gasteiger charge is -2.26. The molecule has 33 heavy (non-hydrogen) atoms. The van der Waals surface area contributed by atoms with E-state index in [4.69, 9.17) is 19.9 Å². The van der Waals surface area contributed by atoms with Crippen LogP contribution in [0.4, 0.5) is 0 Å². The van der Waals surface area contributed by atoms with Crippen LogP contribution in [-0.2, 0) is 11.2 Å². The van der Waals surface area contributed by atoms with Crippen LogP contribution in [0.2, 0.25) is 0 Å². The number of esters is 1. The van der Waals surface area contributed by atoms with E-state index in [1.54, 1.807) is 30.3 Å². The van der Waals surface area contributed by atoms with E-state index in [9.17, 15) is 10.1 Å². The SMILES string of the molecule is CCc1ccc(C2C(C#N)=C(N)Oc3cc(OC(=O)COc4ccc(C)cc4)ccc32)cc1. The molecule has 4 rings (SSSR count). The van der Waals surface area contributed by atoms with Crippen LogP contribution in [0, 0.1) is 18.3 Å². The summed E-state index contributed by atoms with van der Waals surface area (Å²) in [6.07, 6.45) is 0.927. The molecule has 1 unspecified atom stereocenters. The van der Waals surface area contributed by atoms with E-state index in [-0.39, 0.29) is 18.4 Å². The van der Waals surface area contributed by atoms with E-state index in [1.807, 2.05) is 43.3 Å². The quantitative estimate of drug-likeness (QED) is 0.439. The Morgan fingerprint density at radius 3 is 2.42 bits per heavy atom. The Balaban J connectivity index is 1.53. The van der Waals surface area contributed by atoms with E-state index in [2.05, 4.69) is 13.0 Å². The van der Waals surface area contributed by atoms with Crippen molar-refractivity contribution < 1.29 is 19.0 Å². The molecule has 3 aromatic rings. The van der Waals surface area contributed by atoms with Gasteiger partial charge in [0, 0.05) is 11.6 Å². The van der Waals surface area contributed by atoms with Gasteiger partial charge in [-0.1, -0.05) is 55.0 Å². The van der Waals surface area contributed by atoms with Gasteiger partial charge in [-0.15, -0.1) is 0 Å². The fraction of sp³-hybridized carbons (Fsp3) is 0.185. The standard InChI is InChI=1S/C27H24N2O4/c1-3-18-6-8-19(9-7-18)26-22-13-12-21(14-24(22)33-27(29)23(26)15-28)32-25(30)16-31-20-10-4-17(2)5-11-20/h4-14,26H,3,16,29H2,1-2H3. The predicted octanol–water partition coefficient (Wildman–Crippen LogP) is 4.76. The van der Waals surface area contributed by atoms with Crippen molar-refractivity contribution in [1.82, 2.24) is 0 Å². The maximum Gasteiger partial charge on any atom is 0.349 e. The highest BCUT2D eigenvalue weighted by molar-refractivity contribution is 5.74. The third-order valence-electron chi connectivity index (χ3n) is 5.52. The predicted molar refractivity (Wildman–Crippen MR) is 124 cm³/mol. The first kappa shape index (κ1) is 22.0. The minimum absolute atomic E-state index is 0.0424. The van der Waals surface area contributed by atoms with Gasteiger partial charge in [0.05, 0.1) is 5.92 Å². The van der Waals surface area contributed by atoms with Gasteiger partial charge >= 0.3 is 5.97 Å². The second-order valence-corrected chi connectivity index (χ2v) is 7.80. The molecule has 0 saturated heterocycles. The molecule has 0 radical (unpaired) electrons. The van der Waals surface area contributed by atoms with Gasteiger partial charge in [-0.05, 0) is 42.7 Å². The largest absolute Gasteiger partial charge is 0.482 e. The monoisotopic (exact) mass is 440 g/mol. The van der Waals surface area contributed by atoms with E-state index < -0.39 is 5.97 Å². The van der Waals surface area contributed by atoms with Crippen LogP contribution in [0.1, 0.15) is 35.1 Å². The van der Waals surface area contributed by atoms with E-state index in [0.29, 0.717) is 22.8 Å². The number of hydrogen-bond donors (Lipinski definition) is 1. The molecule has 3 aromatic carbocycles. The fourth-order valence-electron chi connectivity index (χ4n) is 3.73. The van der Waals surface area contributed by atoms with Gasteiger partial charge in [0.25, 0.3) is 0 Å². The normalized spacial score (nSPS) is 14.6. The Morgan fingerprint density at radius 2 is 1.76 bits per heavy atom. The van der Waals surface area contributed by atoms with Crippen molar-refractivity contribution >= 4 is 5.97 Å². The maximum atomic E-state index is 12.3. The minimum Gasteiger partial charge on any atom is -0.482 e. The van der Waals surface area contributed by atoms with Crippen molar-refractivity contribution in [2.75, 3.05) is 6.61 Å². The molecule has 0 saturated carbocycles. The number of benzene rings is 3. The second-order valence-electron chi connectivity index (χ2n) is 7.80. The molecule has 1 heterocycles. The van der Waals surface area contributed by atoms with Crippen LogP contribution in [0.15, 0.2) is 78.2 Å². The van der Waals surface area contributed by atoms with Crippen molar-refractivity contribution in [3.8, 4) is 23.3 Å². The van der Waals surface area contributed by atoms with E-state index >= 15 is 0 Å². The third-order valence-corrected chi connectivity index (χ3v) is 5.52. The molecule has 0 spiro atoms. The number of carbonyl (C=O) groups is 1. The average molecular weight is 440 g/mol. The summed E-state index contributed by atoms with van der Waals surface area (Å²) in [6, 6.07) is 22.7. The van der Waals surface area contributed by atoms with Crippen LogP contribution >= 0.6 is 0 Å². The molecule has 1 atom stereocenters. The van der Waals surface area contributed by atoms with Crippen LogP contribution in [0.5, 0.6) is 17.2 Å². The molecular weight excluding hydrogens is 416 g/mol. The Kier molecular flexibility index (Phi) is 6.32. The van der Waals surface area contributed by atoms with Crippen LogP contribution in [0.3, 0.4) is 0 Å². The molecule has 0 bridgehead atoms. The van der Waals surface area contributed by atoms with Crippen molar-refractivity contribution in [2.45, 2.75) is 26.2 Å². The van der Waals surface area contributed by atoms with Crippen molar-refractivity contribution in [3.63, 3.8) is 0 Å². The Bertz CT molecular complexity index is 1240. The highest BCUT2D eigenvalue weighted by Gasteiger charge is 2.31. The number of allylic oxidation sites excluding steroid dienone is 1. The number of fused-ring (bicyclic) bond motifs is 1. The molecule has 166 valence electrons. The number of carbonyl (C=O) groups excluding carboxylic acids is 1. The van der Waals surface area contributed by atoms with E-state index in [0.717, 1.165) is 23.1 Å². The average Bonchev–Trinajstić information content (AvgIpc) is 2.83. The zero-order valence-corrected chi connectivity index (χ0v) is 18.5. The summed E-state index contributed by atoms with van der Waals surface area (Å²) in [5.41, 5.74) is 10.4. The number of aryl methyl sites for hydroxylation is 2. The summed E-state index contributed by atoms with van der Waals surface area (Å²) in [4.78, 5) is 12.3. The third kappa shape index (κ3) is 4.83. The summed E-state index contributed by atoms with van der Waals surface area (Å²) in [5.74, 6) is 0.477. The number of nitrogens with two attached hydrogens (primary N) is 1. The van der Waals surface area contributed by atoms with Gasteiger partial charge in [0.1, 0.15) is 28.9 Å². The highest BCUT2D eigenvalue weighted by Crippen LogP contribution is 2.43. The first-order valence-electron chi connectivity index (χ1n) is 10.7. The molecule has 0 aliphatic carbocycles. The van der Waals surface area contributed by atoms with Gasteiger partial charge in [-0.25, -0.2) is 4.79 Å². The molecule has 1 aliphatic heterocycles. The second kappa shape index (κ2) is 9.49. The van der Waals surface area contributed by atoms with Crippen LogP contribution < -0.4 is 19.9 Å². The first-order chi connectivity index (χ1) is 16.0. The van der Waals surface area contributed by atoms with Crippen molar-refractivity contribution in [1.29, 1.82) is 5.26 Å². The fourth-order valence-corrected chi connectivity index (χ4v) is 3.73. The Hall–Kier alpha value is -4.24. The highest BCUT2D eigenvalue weighted by atomic mass is 16.6. The minimum atomic E-state index is -0.542. The maximum absolute atomic E-state index is 12.3. The van der Waals surface area contributed by atoms with Gasteiger partial charge in [0.15, 0.2) is 6.61 Å². The molecular formula is C27H24N2O4. The molecule has 1 aliphatic rings. The smallest absolute Gasteiger partial charge is 0.349 e. The van der Waals surface area contributed by atoms with Gasteiger partial charge in [-0.3, -0.25) is 0 Å². The topological polar surface area (TPSA) is 94.6 Å². The summed E-state index contributed by atoms with van der Waals surface area (Å²) < 4.78 is 16.6. The Labute approximate surface area is 192 Å². The molecule has 0 aromatic heterocycles. The lowest BCUT2D eigenvalue weighted by Crippen LogP contribution is -2.21. The zero-order chi connectivity index (χ0) is 23.4. The molecule has 0 fully saturated rings. The zero-order valence-electron chi connectivity index (χ0n) is 18.5. The van der Waals surface area contributed by atoms with Crippen molar-refractivity contribution in [2.24, 2.45) is 5.73 Å². The number of hydrogen-bond acceptors (Lipinski definition) is 6. The number of nitriles is 1. The first-order valence-corrected chi connectivity index (χ1v) is 10.7. The number of rotatable bonds is 6. The lowest BCUT2D eigenvalue weighted by molar-refractivity contribution is -0.136. The van der Waals surface area contributed by atoms with E-state index in [1.165, 1.54) is 5.56 Å². The summed E-state index contributed by atoms with van der Waals surface area (Å²) in [7, 11) is 0. The van der Waals surface area contributed by atoms with Crippen LogP contribution in [0.25, 0.3) is 0 Å². The van der Waals surface area contributed by atoms with Gasteiger partial charge < -0.3 is 19.9 Å². The summed E-state index contributed by atoms with van der Waals surface area (Å²) in [5, 5.41) is 9.71. The van der Waals surface area contributed by atoms with Crippen LogP contribution in [-0.4, -0.2) is 12.6 Å².